The molecule has 106 valence electrons. The topological polar surface area (TPSA) is 38.7 Å². The quantitative estimate of drug-likeness (QED) is 0.924. The molecule has 0 saturated carbocycles. The van der Waals surface area contributed by atoms with E-state index in [9.17, 15) is 5.11 Å². The highest BCUT2D eigenvalue weighted by molar-refractivity contribution is 6.34. The molecule has 0 aliphatic heterocycles. The Morgan fingerprint density at radius 2 is 1.55 bits per heavy atom. The first kappa shape index (κ1) is 15.0. The first-order valence-electron chi connectivity index (χ1n) is 5.92. The van der Waals surface area contributed by atoms with Gasteiger partial charge in [-0.15, -0.1) is 0 Å². The summed E-state index contributed by atoms with van der Waals surface area (Å²) in [5.41, 5.74) is 1.13. The van der Waals surface area contributed by atoms with Gasteiger partial charge in [-0.25, -0.2) is 0 Å². The molecule has 0 amide bonds. The molecule has 2 aromatic rings. The number of benzene rings is 2. The van der Waals surface area contributed by atoms with E-state index in [1.165, 1.54) is 7.11 Å². The van der Waals surface area contributed by atoms with Crippen molar-refractivity contribution < 1.29 is 14.6 Å². The van der Waals surface area contributed by atoms with Gasteiger partial charge in [0, 0.05) is 17.2 Å². The van der Waals surface area contributed by atoms with E-state index in [0.29, 0.717) is 32.7 Å². The summed E-state index contributed by atoms with van der Waals surface area (Å²) in [5, 5.41) is 11.3. The molecule has 20 heavy (non-hydrogen) atoms. The van der Waals surface area contributed by atoms with Crippen molar-refractivity contribution >= 4 is 23.2 Å². The second-order valence-electron chi connectivity index (χ2n) is 4.15. The van der Waals surface area contributed by atoms with Crippen LogP contribution in [0.1, 0.15) is 17.2 Å². The van der Waals surface area contributed by atoms with E-state index in [1.807, 2.05) is 12.1 Å². The normalized spacial score (nSPS) is 12.1. The van der Waals surface area contributed by atoms with Crippen molar-refractivity contribution in [1.29, 1.82) is 0 Å². The summed E-state index contributed by atoms with van der Waals surface area (Å²) < 4.78 is 10.3. The molecule has 0 aromatic heterocycles. The number of methoxy groups -OCH3 is 2. The van der Waals surface area contributed by atoms with Gasteiger partial charge in [-0.05, 0) is 12.1 Å². The van der Waals surface area contributed by atoms with Gasteiger partial charge in [0.05, 0.1) is 24.3 Å². The molecule has 0 spiro atoms. The number of para-hydroxylation sites is 1. The molecule has 0 aliphatic carbocycles. The summed E-state index contributed by atoms with van der Waals surface area (Å²) in [4.78, 5) is 0. The monoisotopic (exact) mass is 312 g/mol. The first-order valence-corrected chi connectivity index (χ1v) is 6.68. The smallest absolute Gasteiger partial charge is 0.138 e. The molecule has 0 aliphatic rings. The summed E-state index contributed by atoms with van der Waals surface area (Å²) >= 11 is 12.3. The fourth-order valence-corrected chi connectivity index (χ4v) is 2.48. The summed E-state index contributed by atoms with van der Waals surface area (Å²) in [6.45, 7) is 0. The predicted molar refractivity (Wildman–Crippen MR) is 80.1 cm³/mol. The Morgan fingerprint density at radius 3 is 2.20 bits per heavy atom. The van der Waals surface area contributed by atoms with Crippen LogP contribution >= 0.6 is 23.2 Å². The van der Waals surface area contributed by atoms with Gasteiger partial charge >= 0.3 is 0 Å². The highest BCUT2D eigenvalue weighted by atomic mass is 35.5. The lowest BCUT2D eigenvalue weighted by molar-refractivity contribution is 0.214. The van der Waals surface area contributed by atoms with Crippen molar-refractivity contribution in [2.24, 2.45) is 0 Å². The molecule has 3 nitrogen and oxygen atoms in total. The Kier molecular flexibility index (Phi) is 4.76. The minimum atomic E-state index is -0.929. The van der Waals surface area contributed by atoms with Gasteiger partial charge < -0.3 is 14.6 Å². The molecule has 1 atom stereocenters. The van der Waals surface area contributed by atoms with E-state index in [0.717, 1.165) is 0 Å². The van der Waals surface area contributed by atoms with Crippen LogP contribution in [0, 0.1) is 0 Å². The van der Waals surface area contributed by atoms with Gasteiger partial charge in [0.25, 0.3) is 0 Å². The number of ether oxygens (including phenoxy) is 2. The van der Waals surface area contributed by atoms with Gasteiger partial charge in [-0.2, -0.15) is 0 Å². The molecule has 2 aromatic carbocycles. The van der Waals surface area contributed by atoms with E-state index >= 15 is 0 Å². The summed E-state index contributed by atoms with van der Waals surface area (Å²) in [6.07, 6.45) is -0.929. The van der Waals surface area contributed by atoms with E-state index in [4.69, 9.17) is 32.7 Å². The van der Waals surface area contributed by atoms with Gasteiger partial charge in [0.2, 0.25) is 0 Å². The van der Waals surface area contributed by atoms with E-state index in [1.54, 1.807) is 31.4 Å². The summed E-state index contributed by atoms with van der Waals surface area (Å²) in [5.74, 6) is 1.05. The highest BCUT2D eigenvalue weighted by Gasteiger charge is 2.19. The number of aliphatic hydroxyl groups excluding tert-OH is 1. The van der Waals surface area contributed by atoms with Crippen LogP contribution in [0.3, 0.4) is 0 Å². The van der Waals surface area contributed by atoms with Gasteiger partial charge in [0.15, 0.2) is 0 Å². The maximum Gasteiger partial charge on any atom is 0.138 e. The third-order valence-electron chi connectivity index (χ3n) is 3.00. The van der Waals surface area contributed by atoms with Crippen LogP contribution < -0.4 is 9.47 Å². The fraction of sp³-hybridized carbons (Fsp3) is 0.200. The maximum atomic E-state index is 10.5. The zero-order valence-electron chi connectivity index (χ0n) is 11.1. The van der Waals surface area contributed by atoms with Crippen LogP contribution in [0.5, 0.6) is 11.5 Å². The van der Waals surface area contributed by atoms with Crippen molar-refractivity contribution in [1.82, 2.24) is 0 Å². The number of rotatable bonds is 4. The van der Waals surface area contributed by atoms with Crippen LogP contribution in [-0.2, 0) is 0 Å². The molecule has 0 fully saturated rings. The molecule has 0 heterocycles. The summed E-state index contributed by atoms with van der Waals surface area (Å²) in [6, 6.07) is 10.4. The lowest BCUT2D eigenvalue weighted by Crippen LogP contribution is -2.03. The molecule has 5 heteroatoms. The van der Waals surface area contributed by atoms with Crippen molar-refractivity contribution in [2.75, 3.05) is 14.2 Å². The Labute approximate surface area is 127 Å². The standard InChI is InChI=1S/C15H14Cl2O3/c1-19-13-6-4-3-5-9(13)15(18)10-7-12(17)14(20-2)8-11(10)16/h3-8,15,18H,1-2H3. The average molecular weight is 313 g/mol. The van der Waals surface area contributed by atoms with Gasteiger partial charge in [-0.3, -0.25) is 0 Å². The Bertz CT molecular complexity index is 614. The van der Waals surface area contributed by atoms with Crippen LogP contribution in [0.25, 0.3) is 0 Å². The zero-order valence-corrected chi connectivity index (χ0v) is 12.6. The van der Waals surface area contributed by atoms with Crippen molar-refractivity contribution in [3.8, 4) is 11.5 Å². The second-order valence-corrected chi connectivity index (χ2v) is 4.97. The lowest BCUT2D eigenvalue weighted by atomic mass is 10.0. The molecule has 0 radical (unpaired) electrons. The molecule has 1 N–H and O–H groups in total. The number of aliphatic hydroxyl groups is 1. The van der Waals surface area contributed by atoms with Gasteiger partial charge in [-0.1, -0.05) is 41.4 Å². The zero-order chi connectivity index (χ0) is 14.7. The molecule has 1 unspecified atom stereocenters. The maximum absolute atomic E-state index is 10.5. The third kappa shape index (κ3) is 2.85. The second kappa shape index (κ2) is 6.35. The molecule has 0 bridgehead atoms. The molecule has 2 rings (SSSR count). The lowest BCUT2D eigenvalue weighted by Gasteiger charge is -2.17. The minimum absolute atomic E-state index is 0.379. The number of hydrogen-bond donors (Lipinski definition) is 1. The van der Waals surface area contributed by atoms with Gasteiger partial charge in [0.1, 0.15) is 17.6 Å². The average Bonchev–Trinajstić information content (AvgIpc) is 2.48. The Balaban J connectivity index is 2.48. The molecular weight excluding hydrogens is 299 g/mol. The van der Waals surface area contributed by atoms with Crippen LogP contribution in [0.4, 0.5) is 0 Å². The highest BCUT2D eigenvalue weighted by Crippen LogP contribution is 2.38. The Morgan fingerprint density at radius 1 is 0.900 bits per heavy atom. The molecular formula is C15H14Cl2O3. The van der Waals surface area contributed by atoms with Crippen molar-refractivity contribution in [3.63, 3.8) is 0 Å². The van der Waals surface area contributed by atoms with Crippen LogP contribution in [0.2, 0.25) is 10.0 Å². The summed E-state index contributed by atoms with van der Waals surface area (Å²) in [7, 11) is 3.06. The van der Waals surface area contributed by atoms with E-state index in [-0.39, 0.29) is 0 Å². The van der Waals surface area contributed by atoms with Crippen molar-refractivity contribution in [2.45, 2.75) is 6.10 Å². The van der Waals surface area contributed by atoms with E-state index < -0.39 is 6.10 Å². The first-order chi connectivity index (χ1) is 9.58. The number of halogens is 2. The fourth-order valence-electron chi connectivity index (χ4n) is 1.97. The SMILES string of the molecule is COc1cc(Cl)c(C(O)c2ccccc2OC)cc1Cl. The third-order valence-corrected chi connectivity index (χ3v) is 3.62. The molecule has 0 saturated heterocycles. The van der Waals surface area contributed by atoms with Crippen LogP contribution in [0.15, 0.2) is 36.4 Å². The van der Waals surface area contributed by atoms with Crippen LogP contribution in [-0.4, -0.2) is 19.3 Å². The minimum Gasteiger partial charge on any atom is -0.496 e. The van der Waals surface area contributed by atoms with E-state index in [2.05, 4.69) is 0 Å². The predicted octanol–water partition coefficient (Wildman–Crippen LogP) is 4.09. The number of hydrogen-bond acceptors (Lipinski definition) is 3. The largest absolute Gasteiger partial charge is 0.496 e. The Hall–Kier alpha value is -1.42. The van der Waals surface area contributed by atoms with Crippen molar-refractivity contribution in [3.05, 3.63) is 57.6 Å².